The van der Waals surface area contributed by atoms with Gasteiger partial charge in [-0.25, -0.2) is 4.79 Å². The lowest BCUT2D eigenvalue weighted by Gasteiger charge is -2.63. The number of aromatic amines is 1. The summed E-state index contributed by atoms with van der Waals surface area (Å²) in [7, 11) is -5.27. The van der Waals surface area contributed by atoms with E-state index in [-0.39, 0.29) is 23.7 Å². The number of H-pyrrole nitrogens is 1. The molecule has 6 aliphatic rings. The van der Waals surface area contributed by atoms with Gasteiger partial charge in [-0.05, 0) is 74.2 Å². The van der Waals surface area contributed by atoms with Crippen LogP contribution in [0.2, 0.25) is 0 Å². The van der Waals surface area contributed by atoms with Gasteiger partial charge < -0.3 is 39.0 Å². The van der Waals surface area contributed by atoms with Gasteiger partial charge in [-0.3, -0.25) is 33.3 Å². The van der Waals surface area contributed by atoms with Crippen molar-refractivity contribution in [3.63, 3.8) is 0 Å². The summed E-state index contributed by atoms with van der Waals surface area (Å²) in [5, 5.41) is 26.2. The van der Waals surface area contributed by atoms with Crippen LogP contribution in [-0.4, -0.2) is 150 Å². The number of esters is 3. The van der Waals surface area contributed by atoms with Gasteiger partial charge in [0, 0.05) is 78.2 Å². The lowest BCUT2D eigenvalue weighted by atomic mass is 9.47. The Kier molecular flexibility index (Phi) is 10.8. The third kappa shape index (κ3) is 6.90. The average molecular weight is 926 g/mol. The molecule has 9 rings (SSSR count). The van der Waals surface area contributed by atoms with E-state index in [1.807, 2.05) is 50.3 Å². The maximum atomic E-state index is 15.6. The maximum absolute atomic E-state index is 15.6. The zero-order valence-corrected chi connectivity index (χ0v) is 37.7. The van der Waals surface area contributed by atoms with E-state index >= 15 is 4.79 Å². The molecule has 352 valence electrons. The monoisotopic (exact) mass is 925 g/mol. The van der Waals surface area contributed by atoms with Gasteiger partial charge >= 0.3 is 28.3 Å². The molecule has 18 nitrogen and oxygen atoms in total. The number of fused-ring (bicyclic) bond motifs is 6. The average Bonchev–Trinajstić information content (AvgIpc) is 3.94. The van der Waals surface area contributed by atoms with E-state index in [1.165, 1.54) is 18.9 Å². The van der Waals surface area contributed by atoms with E-state index < -0.39 is 81.0 Å². The standard InChI is InChI=1S/C46H56N4O10.H2O4S/c1-7-42(55)22-28-23-45(40(53)58-5,36-30(14-18-48(24-28)25-42)29-12-9-10-13-33(29)47-36)32-20-31-34(21-35(32)57-4)50(26-51)38-44(31)16-19-49-17-11-15-43(8-2,37(44)49)39(60-27(3)52)46(38,56)41(54)59-6;1-5(2,3)4/h9-13,15,20-21,26,28,37-39,47,55-56H,7-8,14,16-19,22-25H2,1-6H3;(H2,1,2,3,4)/t28-,37-,38+,39+,42-,43+,44+,45-,46-;/m0./s1/i5D3;. The van der Waals surface area contributed by atoms with Gasteiger partial charge in [0.25, 0.3) is 0 Å². The van der Waals surface area contributed by atoms with Crippen LogP contribution in [0.1, 0.15) is 79.4 Å². The minimum absolute atomic E-state index is 0.00132. The number of nitrogens with zero attached hydrogens (tertiary/aromatic N) is 3. The summed E-state index contributed by atoms with van der Waals surface area (Å²) in [6.45, 7) is 7.50. The van der Waals surface area contributed by atoms with E-state index in [0.717, 1.165) is 23.6 Å². The van der Waals surface area contributed by atoms with Gasteiger partial charge in [-0.1, -0.05) is 44.2 Å². The van der Waals surface area contributed by atoms with Crippen LogP contribution in [-0.2, 0) is 61.0 Å². The Morgan fingerprint density at radius 1 is 1.00 bits per heavy atom. The van der Waals surface area contributed by atoms with Crippen LogP contribution in [0.15, 0.2) is 48.6 Å². The number of methoxy groups -OCH3 is 3. The molecule has 1 aliphatic carbocycles. The molecule has 65 heavy (non-hydrogen) atoms. The van der Waals surface area contributed by atoms with Crippen LogP contribution in [0, 0.1) is 11.3 Å². The molecule has 3 fully saturated rings. The molecule has 10 atom stereocenters. The first-order chi connectivity index (χ1) is 31.9. The minimum atomic E-state index is -4.67. The molecule has 2 aromatic carbocycles. The zero-order valence-electron chi connectivity index (χ0n) is 39.9. The minimum Gasteiger partial charge on any atom is -0.496 e. The van der Waals surface area contributed by atoms with Crippen LogP contribution in [0.25, 0.3) is 10.9 Å². The Bertz CT molecular complexity index is 2670. The van der Waals surface area contributed by atoms with Gasteiger partial charge in [0.2, 0.25) is 12.0 Å². The molecule has 0 radical (unpaired) electrons. The lowest BCUT2D eigenvalue weighted by Crippen LogP contribution is -2.81. The number of rotatable bonds is 8. The summed E-state index contributed by atoms with van der Waals surface area (Å²) in [5.41, 5.74) is -5.05. The Morgan fingerprint density at radius 2 is 1.74 bits per heavy atom. The molecule has 1 spiro atoms. The molecule has 1 unspecified atom stereocenters. The normalized spacial score (nSPS) is 35.4. The molecule has 1 amide bonds. The first kappa shape index (κ1) is 42.7. The fourth-order valence-electron chi connectivity index (χ4n) is 13.3. The number of piperidine rings is 1. The molecule has 2 bridgehead atoms. The lowest BCUT2D eigenvalue weighted by molar-refractivity contribution is -0.228. The van der Waals surface area contributed by atoms with Crippen LogP contribution in [0.4, 0.5) is 5.69 Å². The molecular weight excluding hydrogens is 865 g/mol. The molecule has 6 heterocycles. The summed E-state index contributed by atoms with van der Waals surface area (Å²) in [6, 6.07) is 9.12. The smallest absolute Gasteiger partial charge is 0.394 e. The Balaban J connectivity index is 0.00000119. The van der Waals surface area contributed by atoms with Gasteiger partial charge in [0.15, 0.2) is 6.10 Å². The highest BCUT2D eigenvalue weighted by Gasteiger charge is 2.81. The van der Waals surface area contributed by atoms with Crippen molar-refractivity contribution < 1.29 is 70.0 Å². The highest BCUT2D eigenvalue weighted by atomic mass is 32.3. The van der Waals surface area contributed by atoms with Crippen molar-refractivity contribution in [2.45, 2.75) is 99.5 Å². The van der Waals surface area contributed by atoms with Crippen LogP contribution >= 0.6 is 0 Å². The second-order valence-electron chi connectivity index (χ2n) is 18.5. The number of ether oxygens (including phenoxy) is 4. The molecule has 2 saturated heterocycles. The number of carbonyl (C=O) groups excluding carboxylic acids is 4. The quantitative estimate of drug-likeness (QED) is 0.0717. The largest absolute Gasteiger partial charge is 0.496 e. The van der Waals surface area contributed by atoms with Crippen molar-refractivity contribution in [2.24, 2.45) is 11.3 Å². The molecule has 3 aromatic rings. The Morgan fingerprint density at radius 3 is 2.38 bits per heavy atom. The third-order valence-corrected chi connectivity index (χ3v) is 15.4. The second kappa shape index (κ2) is 16.5. The number of aromatic nitrogens is 1. The van der Waals surface area contributed by atoms with Crippen LogP contribution in [0.3, 0.4) is 0 Å². The summed E-state index contributed by atoms with van der Waals surface area (Å²) in [6.07, 6.45) is 4.77. The predicted molar refractivity (Wildman–Crippen MR) is 235 cm³/mol. The van der Waals surface area contributed by atoms with Crippen molar-refractivity contribution in [1.82, 2.24) is 14.8 Å². The number of carbonyl (C=O) groups is 4. The molecule has 5 aliphatic heterocycles. The van der Waals surface area contributed by atoms with E-state index in [9.17, 15) is 24.6 Å². The number of nitrogens with one attached hydrogen (secondary N) is 1. The number of amides is 1. The summed E-state index contributed by atoms with van der Waals surface area (Å²) in [5.74, 6) is -3.10. The van der Waals surface area contributed by atoms with Crippen LogP contribution in [0.5, 0.6) is 5.75 Å². The number of hydrogen-bond donors (Lipinski definition) is 5. The summed E-state index contributed by atoms with van der Waals surface area (Å²) < 4.78 is 79.8. The van der Waals surface area contributed by atoms with Crippen molar-refractivity contribution in [2.75, 3.05) is 58.9 Å². The zero-order chi connectivity index (χ0) is 49.6. The van der Waals surface area contributed by atoms with Gasteiger partial charge in [0.05, 0.1) is 42.7 Å². The number of hydrogen-bond acceptors (Lipinski definition) is 14. The van der Waals surface area contributed by atoms with Crippen molar-refractivity contribution in [3.8, 4) is 5.75 Å². The third-order valence-electron chi connectivity index (χ3n) is 15.4. The molecule has 1 saturated carbocycles. The summed E-state index contributed by atoms with van der Waals surface area (Å²) >= 11 is 0. The fourth-order valence-corrected chi connectivity index (χ4v) is 13.3. The topological polar surface area (TPSA) is 246 Å². The van der Waals surface area contributed by atoms with E-state index in [2.05, 4.69) is 14.8 Å². The van der Waals surface area contributed by atoms with Crippen molar-refractivity contribution in [3.05, 3.63) is 70.9 Å². The van der Waals surface area contributed by atoms with E-state index in [1.54, 1.807) is 12.1 Å². The molecule has 19 heteroatoms. The fraction of sp³-hybridized carbons (Fsp3) is 0.565. The predicted octanol–water partition coefficient (Wildman–Crippen LogP) is 2.86. The second-order valence-corrected chi connectivity index (χ2v) is 19.3. The highest BCUT2D eigenvalue weighted by Crippen LogP contribution is 2.68. The van der Waals surface area contributed by atoms with Crippen LogP contribution < -0.4 is 9.64 Å². The number of anilines is 1. The van der Waals surface area contributed by atoms with Gasteiger partial charge in [-0.15, -0.1) is 0 Å². The number of benzene rings is 2. The molecule has 5 N–H and O–H groups in total. The maximum Gasteiger partial charge on any atom is 0.394 e. The highest BCUT2D eigenvalue weighted by molar-refractivity contribution is 7.79. The first-order valence-corrected chi connectivity index (χ1v) is 23.2. The molecule has 1 aromatic heterocycles. The Labute approximate surface area is 381 Å². The number of para-hydroxylation sites is 1. The van der Waals surface area contributed by atoms with Crippen molar-refractivity contribution in [1.29, 1.82) is 0 Å². The molecular formula is C46H58N4O14S. The van der Waals surface area contributed by atoms with E-state index in [4.69, 9.17) is 40.6 Å². The van der Waals surface area contributed by atoms with E-state index in [0.29, 0.717) is 88.2 Å². The number of aliphatic hydroxyl groups is 2. The van der Waals surface area contributed by atoms with Gasteiger partial charge in [0.1, 0.15) is 11.2 Å². The SMILES string of the molecule is O=S(=O)(O)O.[2H]C([2H])([2H])OC(=O)[C@]1(c2cc3c(cc2OC)N(C=O)[C@H]2[C@@](O)(C(=O)OC)[C@H](OC(C)=O)[C@]4(CC)C=CCN5CC[C@]32[C@@H]54)C[C@H]2CN(CCc3c1[nH]c1ccccc31)C[C@](O)(CC)C2. The first-order valence-electron chi connectivity index (χ1n) is 23.3. The van der Waals surface area contributed by atoms with Gasteiger partial charge in [-0.2, -0.15) is 8.42 Å². The Hall–Kier alpha value is -4.89. The summed E-state index contributed by atoms with van der Waals surface area (Å²) in [4.78, 5) is 66.2. The van der Waals surface area contributed by atoms with Crippen molar-refractivity contribution >= 4 is 51.3 Å².